The summed E-state index contributed by atoms with van der Waals surface area (Å²) in [5.41, 5.74) is 0. The highest BCUT2D eigenvalue weighted by Crippen LogP contribution is 2.14. The first-order valence-corrected chi connectivity index (χ1v) is 5.81. The SMILES string of the molecule is Cc1cnc(C(C)NC(=O)c2cccs2)o1. The van der Waals surface area contributed by atoms with Gasteiger partial charge in [0.05, 0.1) is 11.1 Å². The first-order chi connectivity index (χ1) is 7.66. The normalized spacial score (nSPS) is 12.4. The Balaban J connectivity index is 2.03. The lowest BCUT2D eigenvalue weighted by Gasteiger charge is -2.08. The second-order valence-corrected chi connectivity index (χ2v) is 4.43. The van der Waals surface area contributed by atoms with Crippen molar-refractivity contribution in [2.45, 2.75) is 19.9 Å². The lowest BCUT2D eigenvalue weighted by Crippen LogP contribution is -2.26. The van der Waals surface area contributed by atoms with Crippen LogP contribution in [0.4, 0.5) is 0 Å². The number of carbonyl (C=O) groups excluding carboxylic acids is 1. The van der Waals surface area contributed by atoms with Gasteiger partial charge >= 0.3 is 0 Å². The Morgan fingerprint density at radius 2 is 2.44 bits per heavy atom. The lowest BCUT2D eigenvalue weighted by atomic mass is 10.3. The Morgan fingerprint density at radius 3 is 3.00 bits per heavy atom. The average molecular weight is 236 g/mol. The highest BCUT2D eigenvalue weighted by atomic mass is 32.1. The van der Waals surface area contributed by atoms with Crippen LogP contribution in [-0.4, -0.2) is 10.9 Å². The first kappa shape index (κ1) is 10.9. The number of aryl methyl sites for hydroxylation is 1. The predicted molar refractivity (Wildman–Crippen MR) is 61.4 cm³/mol. The van der Waals surface area contributed by atoms with E-state index in [1.807, 2.05) is 25.3 Å². The summed E-state index contributed by atoms with van der Waals surface area (Å²) in [6, 6.07) is 3.41. The van der Waals surface area contributed by atoms with Crippen LogP contribution in [0.25, 0.3) is 0 Å². The van der Waals surface area contributed by atoms with E-state index >= 15 is 0 Å². The van der Waals surface area contributed by atoms with Gasteiger partial charge in [-0.05, 0) is 25.3 Å². The van der Waals surface area contributed by atoms with Gasteiger partial charge in [-0.1, -0.05) is 6.07 Å². The van der Waals surface area contributed by atoms with E-state index in [1.54, 1.807) is 12.3 Å². The zero-order valence-corrected chi connectivity index (χ0v) is 9.88. The molecule has 84 valence electrons. The molecule has 2 heterocycles. The highest BCUT2D eigenvalue weighted by Gasteiger charge is 2.15. The molecule has 2 aromatic rings. The summed E-state index contributed by atoms with van der Waals surface area (Å²) < 4.78 is 5.34. The summed E-state index contributed by atoms with van der Waals surface area (Å²) in [7, 11) is 0. The van der Waals surface area contributed by atoms with E-state index in [9.17, 15) is 4.79 Å². The van der Waals surface area contributed by atoms with Crippen LogP contribution >= 0.6 is 11.3 Å². The molecule has 2 aromatic heterocycles. The van der Waals surface area contributed by atoms with Crippen LogP contribution in [0.5, 0.6) is 0 Å². The molecule has 0 fully saturated rings. The third-order valence-corrected chi connectivity index (χ3v) is 2.97. The van der Waals surface area contributed by atoms with Crippen LogP contribution in [0.15, 0.2) is 28.1 Å². The van der Waals surface area contributed by atoms with Crippen LogP contribution < -0.4 is 5.32 Å². The molecular weight excluding hydrogens is 224 g/mol. The van der Waals surface area contributed by atoms with Gasteiger partial charge in [0.2, 0.25) is 5.89 Å². The Morgan fingerprint density at radius 1 is 1.62 bits per heavy atom. The van der Waals surface area contributed by atoms with Crippen molar-refractivity contribution >= 4 is 17.2 Å². The maximum Gasteiger partial charge on any atom is 0.261 e. The molecule has 5 heteroatoms. The Bertz CT molecular complexity index is 476. The van der Waals surface area contributed by atoms with Gasteiger partial charge in [-0.2, -0.15) is 0 Å². The second-order valence-electron chi connectivity index (χ2n) is 3.48. The number of carbonyl (C=O) groups is 1. The maximum atomic E-state index is 11.7. The minimum atomic E-state index is -0.219. The monoisotopic (exact) mass is 236 g/mol. The average Bonchev–Trinajstić information content (AvgIpc) is 2.87. The largest absolute Gasteiger partial charge is 0.444 e. The van der Waals surface area contributed by atoms with Gasteiger partial charge in [0.15, 0.2) is 0 Å². The smallest absolute Gasteiger partial charge is 0.261 e. The van der Waals surface area contributed by atoms with Crippen molar-refractivity contribution in [2.24, 2.45) is 0 Å². The molecule has 0 spiro atoms. The summed E-state index contributed by atoms with van der Waals surface area (Å²) in [6.45, 7) is 3.67. The van der Waals surface area contributed by atoms with Crippen LogP contribution in [0.1, 0.15) is 34.3 Å². The van der Waals surface area contributed by atoms with E-state index in [4.69, 9.17) is 4.42 Å². The minimum absolute atomic E-state index is 0.0987. The van der Waals surface area contributed by atoms with Gasteiger partial charge in [0.25, 0.3) is 5.91 Å². The summed E-state index contributed by atoms with van der Waals surface area (Å²) in [5, 5.41) is 4.70. The number of hydrogen-bond donors (Lipinski definition) is 1. The van der Waals surface area contributed by atoms with Crippen molar-refractivity contribution < 1.29 is 9.21 Å². The van der Waals surface area contributed by atoms with E-state index in [0.29, 0.717) is 10.8 Å². The van der Waals surface area contributed by atoms with Crippen molar-refractivity contribution in [2.75, 3.05) is 0 Å². The molecule has 16 heavy (non-hydrogen) atoms. The lowest BCUT2D eigenvalue weighted by molar-refractivity contribution is 0.0938. The number of nitrogens with zero attached hydrogens (tertiary/aromatic N) is 1. The summed E-state index contributed by atoms with van der Waals surface area (Å²) in [5.74, 6) is 1.17. The molecular formula is C11H12N2O2S. The molecule has 0 aliphatic heterocycles. The van der Waals surface area contributed by atoms with Gasteiger partial charge in [0, 0.05) is 0 Å². The molecule has 0 bridgehead atoms. The van der Waals surface area contributed by atoms with Gasteiger partial charge in [-0.3, -0.25) is 4.79 Å². The Kier molecular flexibility index (Phi) is 3.05. The van der Waals surface area contributed by atoms with Gasteiger partial charge in [-0.15, -0.1) is 11.3 Å². The van der Waals surface area contributed by atoms with Crippen molar-refractivity contribution in [3.05, 3.63) is 40.2 Å². The van der Waals surface area contributed by atoms with Crippen molar-refractivity contribution in [3.8, 4) is 0 Å². The number of nitrogens with one attached hydrogen (secondary N) is 1. The molecule has 1 unspecified atom stereocenters. The maximum absolute atomic E-state index is 11.7. The van der Waals surface area contributed by atoms with Crippen molar-refractivity contribution in [3.63, 3.8) is 0 Å². The molecule has 1 atom stereocenters. The fraction of sp³-hybridized carbons (Fsp3) is 0.273. The first-order valence-electron chi connectivity index (χ1n) is 4.93. The quantitative estimate of drug-likeness (QED) is 0.891. The number of aromatic nitrogens is 1. The highest BCUT2D eigenvalue weighted by molar-refractivity contribution is 7.12. The molecule has 0 aliphatic rings. The summed E-state index contributed by atoms with van der Waals surface area (Å²) >= 11 is 1.41. The van der Waals surface area contributed by atoms with Crippen LogP contribution in [0.3, 0.4) is 0 Å². The molecule has 4 nitrogen and oxygen atoms in total. The number of thiophene rings is 1. The third kappa shape index (κ3) is 2.30. The topological polar surface area (TPSA) is 55.1 Å². The van der Waals surface area contributed by atoms with E-state index in [2.05, 4.69) is 10.3 Å². The predicted octanol–water partition coefficient (Wildman–Crippen LogP) is 2.54. The zero-order valence-electron chi connectivity index (χ0n) is 9.06. The molecule has 0 aliphatic carbocycles. The Hall–Kier alpha value is -1.62. The number of rotatable bonds is 3. The summed E-state index contributed by atoms with van der Waals surface area (Å²) in [6.07, 6.45) is 1.64. The molecule has 1 amide bonds. The van der Waals surface area contributed by atoms with E-state index in [-0.39, 0.29) is 11.9 Å². The molecule has 0 saturated heterocycles. The van der Waals surface area contributed by atoms with Crippen LogP contribution in [-0.2, 0) is 0 Å². The third-order valence-electron chi connectivity index (χ3n) is 2.10. The summed E-state index contributed by atoms with van der Waals surface area (Å²) in [4.78, 5) is 16.5. The van der Waals surface area contributed by atoms with Crippen LogP contribution in [0.2, 0.25) is 0 Å². The van der Waals surface area contributed by atoms with E-state index < -0.39 is 0 Å². The second kappa shape index (κ2) is 4.49. The molecule has 2 rings (SSSR count). The molecule has 0 radical (unpaired) electrons. The van der Waals surface area contributed by atoms with E-state index in [0.717, 1.165) is 5.76 Å². The standard InChI is InChI=1S/C11H12N2O2S/c1-7-6-12-11(15-7)8(2)13-10(14)9-4-3-5-16-9/h3-6,8H,1-2H3,(H,13,14). The molecule has 0 saturated carbocycles. The Labute approximate surface area is 97.3 Å². The van der Waals surface area contributed by atoms with Crippen LogP contribution in [0, 0.1) is 6.92 Å². The number of amides is 1. The number of hydrogen-bond acceptors (Lipinski definition) is 4. The molecule has 0 aromatic carbocycles. The van der Waals surface area contributed by atoms with E-state index in [1.165, 1.54) is 11.3 Å². The molecule has 1 N–H and O–H groups in total. The van der Waals surface area contributed by atoms with Crippen molar-refractivity contribution in [1.82, 2.24) is 10.3 Å². The van der Waals surface area contributed by atoms with Gasteiger partial charge in [0.1, 0.15) is 11.8 Å². The van der Waals surface area contributed by atoms with Gasteiger partial charge < -0.3 is 9.73 Å². The number of oxazole rings is 1. The fourth-order valence-electron chi connectivity index (χ4n) is 1.31. The van der Waals surface area contributed by atoms with Crippen molar-refractivity contribution in [1.29, 1.82) is 0 Å². The fourth-order valence-corrected chi connectivity index (χ4v) is 1.94. The zero-order chi connectivity index (χ0) is 11.5. The van der Waals surface area contributed by atoms with Gasteiger partial charge in [-0.25, -0.2) is 4.98 Å². The minimum Gasteiger partial charge on any atom is -0.444 e.